The quantitative estimate of drug-likeness (QED) is 0.168. The maximum absolute atomic E-state index is 7.19. The Hall–Kier alpha value is -8.19. The number of hydrogen-bond acceptors (Lipinski definition) is 5. The minimum atomic E-state index is 0.610. The smallest absolute Gasteiger partial charge is 0.164 e. The summed E-state index contributed by atoms with van der Waals surface area (Å²) in [5.41, 5.74) is 12.1. The van der Waals surface area contributed by atoms with Crippen LogP contribution in [0.25, 0.3) is 126 Å². The maximum Gasteiger partial charge on any atom is 0.164 e. The number of hydrogen-bond donors (Lipinski definition) is 0. The number of benzene rings is 9. The lowest BCUT2D eigenvalue weighted by Crippen LogP contribution is -2.00. The zero-order valence-electron chi connectivity index (χ0n) is 33.7. The monoisotopic (exact) mass is 822 g/mol. The number of furan rings is 1. The molecule has 13 rings (SSSR count). The fourth-order valence-electron chi connectivity index (χ4n) is 9.36. The third-order valence-corrected chi connectivity index (χ3v) is 13.4. The topological polar surface area (TPSA) is 56.7 Å². The van der Waals surface area contributed by atoms with E-state index in [9.17, 15) is 0 Å². The van der Waals surface area contributed by atoms with Crippen LogP contribution in [-0.4, -0.2) is 19.5 Å². The highest BCUT2D eigenvalue weighted by atomic mass is 32.1. The van der Waals surface area contributed by atoms with Crippen molar-refractivity contribution >= 4 is 75.3 Å². The lowest BCUT2D eigenvalue weighted by Gasteiger charge is -2.12. The number of aromatic nitrogens is 4. The summed E-state index contributed by atoms with van der Waals surface area (Å²) in [7, 11) is 0. The molecule has 0 aliphatic rings. The zero-order valence-corrected chi connectivity index (χ0v) is 34.6. The normalized spacial score (nSPS) is 11.8. The molecule has 0 spiro atoms. The van der Waals surface area contributed by atoms with Crippen molar-refractivity contribution in [3.8, 4) is 62.1 Å². The van der Waals surface area contributed by atoms with E-state index >= 15 is 0 Å². The number of fused-ring (bicyclic) bond motifs is 10. The molecule has 13 aromatic rings. The van der Waals surface area contributed by atoms with Gasteiger partial charge in [0, 0.05) is 53.7 Å². The van der Waals surface area contributed by atoms with E-state index in [1.54, 1.807) is 0 Å². The number of rotatable bonds is 6. The van der Waals surface area contributed by atoms with Gasteiger partial charge in [-0.1, -0.05) is 170 Å². The van der Waals surface area contributed by atoms with Crippen molar-refractivity contribution in [3.63, 3.8) is 0 Å². The van der Waals surface area contributed by atoms with Gasteiger partial charge in [-0.3, -0.25) is 0 Å². The Morgan fingerprint density at radius 1 is 0.397 bits per heavy atom. The molecule has 9 aromatic carbocycles. The Morgan fingerprint density at radius 2 is 0.968 bits per heavy atom. The van der Waals surface area contributed by atoms with Crippen molar-refractivity contribution < 1.29 is 4.42 Å². The van der Waals surface area contributed by atoms with Gasteiger partial charge in [-0.15, -0.1) is 11.3 Å². The van der Waals surface area contributed by atoms with Crippen molar-refractivity contribution in [2.45, 2.75) is 0 Å². The first kappa shape index (κ1) is 35.6. The average Bonchev–Trinajstić information content (AvgIpc) is 4.04. The van der Waals surface area contributed by atoms with E-state index in [-0.39, 0.29) is 0 Å². The fraction of sp³-hybridized carbons (Fsp3) is 0. The molecule has 0 amide bonds. The van der Waals surface area contributed by atoms with Gasteiger partial charge in [-0.2, -0.15) is 0 Å². The lowest BCUT2D eigenvalue weighted by molar-refractivity contribution is 0.666. The predicted molar refractivity (Wildman–Crippen MR) is 262 cm³/mol. The molecule has 294 valence electrons. The van der Waals surface area contributed by atoms with Crippen LogP contribution in [0.15, 0.2) is 211 Å². The van der Waals surface area contributed by atoms with Crippen LogP contribution in [-0.2, 0) is 0 Å². The molecule has 0 N–H and O–H groups in total. The molecule has 0 saturated heterocycles. The molecule has 0 atom stereocenters. The van der Waals surface area contributed by atoms with Gasteiger partial charge in [0.05, 0.1) is 21.4 Å². The first-order valence-corrected chi connectivity index (χ1v) is 21.9. The van der Waals surface area contributed by atoms with Gasteiger partial charge in [0.25, 0.3) is 0 Å². The van der Waals surface area contributed by atoms with Crippen LogP contribution in [0.1, 0.15) is 0 Å². The SMILES string of the molecule is c1ccc(-c2cc(-c3cccc(-c4nc(-c5ccccc5)nc(-c5ccccc5)n4)c3)c3c(c2)oc2c(-n4c5ccccc5c5ccc6c7ccccc7sc6c54)cccc23)cc1. The number of para-hydroxylation sites is 2. The molecular weight excluding hydrogens is 789 g/mol. The van der Waals surface area contributed by atoms with Gasteiger partial charge in [0.1, 0.15) is 5.58 Å². The van der Waals surface area contributed by atoms with Gasteiger partial charge < -0.3 is 8.98 Å². The molecule has 6 heteroatoms. The van der Waals surface area contributed by atoms with Crippen LogP contribution in [0.4, 0.5) is 0 Å². The second-order valence-electron chi connectivity index (χ2n) is 15.9. The Labute approximate surface area is 365 Å². The van der Waals surface area contributed by atoms with Gasteiger partial charge in [-0.05, 0) is 58.7 Å². The molecule has 0 aliphatic heterocycles. The maximum atomic E-state index is 7.19. The summed E-state index contributed by atoms with van der Waals surface area (Å²) >= 11 is 1.86. The second kappa shape index (κ2) is 14.2. The van der Waals surface area contributed by atoms with Gasteiger partial charge in [-0.25, -0.2) is 15.0 Å². The molecule has 0 fully saturated rings. The van der Waals surface area contributed by atoms with Gasteiger partial charge in [0.2, 0.25) is 0 Å². The van der Waals surface area contributed by atoms with Crippen LogP contribution in [0.5, 0.6) is 0 Å². The molecule has 0 bridgehead atoms. The van der Waals surface area contributed by atoms with Gasteiger partial charge >= 0.3 is 0 Å². The van der Waals surface area contributed by atoms with E-state index in [1.807, 2.05) is 72.0 Å². The molecule has 63 heavy (non-hydrogen) atoms. The Kier molecular flexibility index (Phi) is 8.01. The summed E-state index contributed by atoms with van der Waals surface area (Å²) < 4.78 is 12.2. The predicted octanol–water partition coefficient (Wildman–Crippen LogP) is 15.6. The van der Waals surface area contributed by atoms with E-state index in [4.69, 9.17) is 19.4 Å². The van der Waals surface area contributed by atoms with E-state index in [0.717, 1.165) is 72.1 Å². The van der Waals surface area contributed by atoms with Crippen molar-refractivity contribution in [1.29, 1.82) is 0 Å². The highest BCUT2D eigenvalue weighted by Gasteiger charge is 2.23. The molecule has 5 nitrogen and oxygen atoms in total. The van der Waals surface area contributed by atoms with Crippen molar-refractivity contribution in [2.75, 3.05) is 0 Å². The van der Waals surface area contributed by atoms with E-state index in [2.05, 4.69) is 150 Å². The minimum Gasteiger partial charge on any atom is -0.454 e. The molecule has 0 aliphatic carbocycles. The fourth-order valence-corrected chi connectivity index (χ4v) is 10.6. The lowest BCUT2D eigenvalue weighted by atomic mass is 9.93. The summed E-state index contributed by atoms with van der Waals surface area (Å²) in [4.78, 5) is 15.1. The first-order chi connectivity index (χ1) is 31.2. The summed E-state index contributed by atoms with van der Waals surface area (Å²) in [6, 6.07) is 72.5. The summed E-state index contributed by atoms with van der Waals surface area (Å²) in [5.74, 6) is 1.87. The first-order valence-electron chi connectivity index (χ1n) is 21.1. The molecule has 0 radical (unpaired) electrons. The third-order valence-electron chi connectivity index (χ3n) is 12.2. The minimum absolute atomic E-state index is 0.610. The Bertz CT molecular complexity index is 3850. The summed E-state index contributed by atoms with van der Waals surface area (Å²) in [5, 5.41) is 7.10. The molecule has 4 aromatic heterocycles. The number of thiophene rings is 1. The molecule has 0 unspecified atom stereocenters. The van der Waals surface area contributed by atoms with Crippen LogP contribution in [0.2, 0.25) is 0 Å². The summed E-state index contributed by atoms with van der Waals surface area (Å²) in [6.45, 7) is 0. The Balaban J connectivity index is 1.06. The van der Waals surface area contributed by atoms with Crippen molar-refractivity contribution in [1.82, 2.24) is 19.5 Å². The van der Waals surface area contributed by atoms with Crippen LogP contribution >= 0.6 is 11.3 Å². The van der Waals surface area contributed by atoms with E-state index < -0.39 is 0 Å². The second-order valence-corrected chi connectivity index (χ2v) is 17.0. The Morgan fingerprint density at radius 3 is 1.71 bits per heavy atom. The van der Waals surface area contributed by atoms with Gasteiger partial charge in [0.15, 0.2) is 23.1 Å². The highest BCUT2D eigenvalue weighted by molar-refractivity contribution is 7.26. The van der Waals surface area contributed by atoms with E-state index in [1.165, 1.54) is 36.5 Å². The molecular formula is C57H34N4OS. The van der Waals surface area contributed by atoms with Crippen LogP contribution in [0.3, 0.4) is 0 Å². The molecule has 0 saturated carbocycles. The van der Waals surface area contributed by atoms with Crippen LogP contribution in [0, 0.1) is 0 Å². The largest absolute Gasteiger partial charge is 0.454 e. The van der Waals surface area contributed by atoms with Crippen molar-refractivity contribution in [3.05, 3.63) is 206 Å². The average molecular weight is 823 g/mol. The summed E-state index contributed by atoms with van der Waals surface area (Å²) in [6.07, 6.45) is 0. The third kappa shape index (κ3) is 5.73. The zero-order chi connectivity index (χ0) is 41.4. The highest BCUT2D eigenvalue weighted by Crippen LogP contribution is 2.46. The standard InChI is InChI=1S/C57H34N4OS/c1-4-16-35(17-5-1)40-33-46(38-22-14-23-39(32-38)57-59-55(36-18-6-2-7-19-36)58-56(60-57)37-20-8-3-9-21-37)51-45-26-15-28-48(53(45)62-49(51)34-40)61-47-27-12-10-24-41(47)43-30-31-44-42-25-11-13-29-50(42)63-54(44)52(43)61/h1-34H. The van der Waals surface area contributed by atoms with Crippen molar-refractivity contribution in [2.24, 2.45) is 0 Å². The molecule has 4 heterocycles. The van der Waals surface area contributed by atoms with E-state index in [0.29, 0.717) is 17.5 Å². The van der Waals surface area contributed by atoms with Crippen LogP contribution < -0.4 is 0 Å². The number of nitrogens with zero attached hydrogens (tertiary/aromatic N) is 4.